The van der Waals surface area contributed by atoms with Crippen molar-refractivity contribution < 1.29 is 14.6 Å². The second-order valence-electron chi connectivity index (χ2n) is 7.40. The third kappa shape index (κ3) is 5.12. The van der Waals surface area contributed by atoms with Crippen LogP contribution in [-0.4, -0.2) is 37.8 Å². The van der Waals surface area contributed by atoms with Gasteiger partial charge in [-0.15, -0.1) is 5.10 Å². The summed E-state index contributed by atoms with van der Waals surface area (Å²) >= 11 is 0. The number of hydrogen-bond donors (Lipinski definition) is 3. The summed E-state index contributed by atoms with van der Waals surface area (Å²) in [5.41, 5.74) is 10.5. The maximum Gasteiger partial charge on any atom is 0.306 e. The fourth-order valence-corrected chi connectivity index (χ4v) is 3.07. The molecule has 3 heterocycles. The molecule has 0 saturated heterocycles. The third-order valence-electron chi connectivity index (χ3n) is 4.99. The molecule has 1 saturated carbocycles. The van der Waals surface area contributed by atoms with E-state index in [-0.39, 0.29) is 11.9 Å². The molecule has 0 spiro atoms. The fourth-order valence-electron chi connectivity index (χ4n) is 3.07. The van der Waals surface area contributed by atoms with Crippen LogP contribution in [0.4, 0.5) is 11.6 Å². The minimum atomic E-state index is -0.630. The molecule has 3 aromatic heterocycles. The molecule has 9 nitrogen and oxygen atoms in total. The maximum absolute atomic E-state index is 9.76. The summed E-state index contributed by atoms with van der Waals surface area (Å²) in [5.74, 6) is 0.259. The zero-order valence-corrected chi connectivity index (χ0v) is 17.6. The number of methoxy groups -OCH3 is 1. The highest BCUT2D eigenvalue weighted by atomic mass is 16.5. The van der Waals surface area contributed by atoms with Crippen molar-refractivity contribution in [2.24, 2.45) is 5.92 Å². The van der Waals surface area contributed by atoms with Gasteiger partial charge in [0.2, 0.25) is 11.8 Å². The number of anilines is 2. The molecule has 1 aromatic carbocycles. The van der Waals surface area contributed by atoms with Crippen LogP contribution in [0.15, 0.2) is 60.8 Å². The number of rotatable bonds is 6. The van der Waals surface area contributed by atoms with E-state index in [0.717, 1.165) is 41.0 Å². The van der Waals surface area contributed by atoms with E-state index < -0.39 is 5.97 Å². The molecule has 1 aliphatic carbocycles. The standard InChI is InChI=1S/C19H18N6O.C4H6O2/c1-26-18-10-9-15(12-22-18)21-11-13-5-7-14(8-6-13)16-3-2-4-17-23-19(20)24-25(16)17;5-4(6)3-1-2-3/h2-10,12,21H,11H2,1H3,(H2,20,24);3H,1-2H2,(H,5,6). The van der Waals surface area contributed by atoms with E-state index in [1.807, 2.05) is 30.3 Å². The van der Waals surface area contributed by atoms with Gasteiger partial charge in [-0.2, -0.15) is 4.98 Å². The Hall–Kier alpha value is -4.14. The number of carbonyl (C=O) groups is 1. The fraction of sp³-hybridized carbons (Fsp3) is 0.217. The van der Waals surface area contributed by atoms with Crippen molar-refractivity contribution in [1.29, 1.82) is 0 Å². The van der Waals surface area contributed by atoms with Crippen LogP contribution in [0.25, 0.3) is 16.9 Å². The first-order valence-electron chi connectivity index (χ1n) is 10.2. The minimum absolute atomic E-state index is 0.0185. The molecule has 0 aliphatic heterocycles. The van der Waals surface area contributed by atoms with Crippen molar-refractivity contribution in [3.8, 4) is 17.1 Å². The van der Waals surface area contributed by atoms with Gasteiger partial charge in [-0.1, -0.05) is 30.3 Å². The number of fused-ring (bicyclic) bond motifs is 1. The van der Waals surface area contributed by atoms with Crippen LogP contribution in [0.1, 0.15) is 18.4 Å². The number of nitrogens with one attached hydrogen (secondary N) is 1. The van der Waals surface area contributed by atoms with Crippen molar-refractivity contribution in [2.75, 3.05) is 18.2 Å². The van der Waals surface area contributed by atoms with Gasteiger partial charge < -0.3 is 20.9 Å². The van der Waals surface area contributed by atoms with E-state index in [4.69, 9.17) is 15.6 Å². The van der Waals surface area contributed by atoms with Gasteiger partial charge in [0.15, 0.2) is 5.65 Å². The maximum atomic E-state index is 9.76. The molecule has 5 rings (SSSR count). The first-order chi connectivity index (χ1) is 15.5. The number of benzene rings is 1. The zero-order chi connectivity index (χ0) is 22.5. The lowest BCUT2D eigenvalue weighted by atomic mass is 10.1. The molecule has 9 heteroatoms. The van der Waals surface area contributed by atoms with Gasteiger partial charge in [0.05, 0.1) is 30.6 Å². The van der Waals surface area contributed by atoms with Crippen LogP contribution in [0.3, 0.4) is 0 Å². The van der Waals surface area contributed by atoms with Gasteiger partial charge in [-0.3, -0.25) is 4.79 Å². The number of nitrogen functional groups attached to an aromatic ring is 1. The van der Waals surface area contributed by atoms with Crippen molar-refractivity contribution in [3.63, 3.8) is 0 Å². The summed E-state index contributed by atoms with van der Waals surface area (Å²) in [6, 6.07) is 17.9. The van der Waals surface area contributed by atoms with Crippen LogP contribution in [0.2, 0.25) is 0 Å². The number of ether oxygens (including phenoxy) is 1. The number of aromatic nitrogens is 4. The van der Waals surface area contributed by atoms with E-state index in [1.54, 1.807) is 17.8 Å². The smallest absolute Gasteiger partial charge is 0.306 e. The van der Waals surface area contributed by atoms with E-state index in [9.17, 15) is 4.79 Å². The molecular formula is C23H24N6O3. The van der Waals surface area contributed by atoms with Crippen LogP contribution in [0.5, 0.6) is 5.88 Å². The molecule has 1 fully saturated rings. The second kappa shape index (κ2) is 9.34. The Morgan fingerprint density at radius 2 is 1.97 bits per heavy atom. The number of carboxylic acid groups (broad SMARTS) is 1. The van der Waals surface area contributed by atoms with Crippen LogP contribution in [0, 0.1) is 5.92 Å². The molecular weight excluding hydrogens is 408 g/mol. The van der Waals surface area contributed by atoms with Gasteiger partial charge in [0.1, 0.15) is 0 Å². The summed E-state index contributed by atoms with van der Waals surface area (Å²) in [7, 11) is 1.60. The molecule has 0 bridgehead atoms. The molecule has 164 valence electrons. The first-order valence-corrected chi connectivity index (χ1v) is 10.2. The Kier molecular flexibility index (Phi) is 6.16. The van der Waals surface area contributed by atoms with E-state index in [1.165, 1.54) is 0 Å². The minimum Gasteiger partial charge on any atom is -0.481 e. The van der Waals surface area contributed by atoms with Gasteiger partial charge in [-0.05, 0) is 36.6 Å². The van der Waals surface area contributed by atoms with Crippen molar-refractivity contribution in [2.45, 2.75) is 19.4 Å². The Balaban J connectivity index is 0.000000354. The number of pyridine rings is 2. The zero-order valence-electron chi connectivity index (χ0n) is 17.6. The summed E-state index contributed by atoms with van der Waals surface area (Å²) in [6.45, 7) is 0.703. The van der Waals surface area contributed by atoms with Crippen molar-refractivity contribution in [1.82, 2.24) is 19.6 Å². The Bertz CT molecular complexity index is 1200. The molecule has 0 unspecified atom stereocenters. The summed E-state index contributed by atoms with van der Waals surface area (Å²) in [6.07, 6.45) is 3.55. The lowest BCUT2D eigenvalue weighted by Gasteiger charge is -2.08. The van der Waals surface area contributed by atoms with Crippen molar-refractivity contribution >= 4 is 23.3 Å². The largest absolute Gasteiger partial charge is 0.481 e. The molecule has 4 aromatic rings. The van der Waals surface area contributed by atoms with Gasteiger partial charge in [-0.25, -0.2) is 9.50 Å². The van der Waals surface area contributed by atoms with Crippen LogP contribution in [-0.2, 0) is 11.3 Å². The highest BCUT2D eigenvalue weighted by Crippen LogP contribution is 2.28. The van der Waals surface area contributed by atoms with Crippen LogP contribution < -0.4 is 15.8 Å². The number of hydrogen-bond acceptors (Lipinski definition) is 7. The molecule has 32 heavy (non-hydrogen) atoms. The van der Waals surface area contributed by atoms with Gasteiger partial charge >= 0.3 is 5.97 Å². The number of aliphatic carboxylic acids is 1. The predicted molar refractivity (Wildman–Crippen MR) is 121 cm³/mol. The average Bonchev–Trinajstić information content (AvgIpc) is 3.60. The molecule has 0 amide bonds. The number of carboxylic acids is 1. The van der Waals surface area contributed by atoms with E-state index in [2.05, 4.69) is 44.6 Å². The summed E-state index contributed by atoms with van der Waals surface area (Å²) in [4.78, 5) is 18.1. The van der Waals surface area contributed by atoms with Crippen molar-refractivity contribution in [3.05, 3.63) is 66.4 Å². The normalized spacial score (nSPS) is 12.7. The predicted octanol–water partition coefficient (Wildman–Crippen LogP) is 3.48. The highest BCUT2D eigenvalue weighted by molar-refractivity contribution is 5.72. The lowest BCUT2D eigenvalue weighted by molar-refractivity contribution is -0.138. The molecule has 4 N–H and O–H groups in total. The monoisotopic (exact) mass is 432 g/mol. The first kappa shape index (κ1) is 21.1. The highest BCUT2D eigenvalue weighted by Gasteiger charge is 2.28. The summed E-state index contributed by atoms with van der Waals surface area (Å²) in [5, 5.41) is 15.7. The average molecular weight is 432 g/mol. The van der Waals surface area contributed by atoms with E-state index >= 15 is 0 Å². The van der Waals surface area contributed by atoms with Crippen LogP contribution >= 0.6 is 0 Å². The topological polar surface area (TPSA) is 128 Å². The second-order valence-corrected chi connectivity index (χ2v) is 7.40. The number of nitrogens with two attached hydrogens (primary N) is 1. The van der Waals surface area contributed by atoms with Gasteiger partial charge in [0, 0.05) is 18.2 Å². The Labute approximate surface area is 184 Å². The number of nitrogens with zero attached hydrogens (tertiary/aromatic N) is 4. The molecule has 1 aliphatic rings. The van der Waals surface area contributed by atoms with E-state index in [0.29, 0.717) is 12.4 Å². The lowest BCUT2D eigenvalue weighted by Crippen LogP contribution is -2.00. The molecule has 0 radical (unpaired) electrons. The van der Waals surface area contributed by atoms with Gasteiger partial charge in [0.25, 0.3) is 0 Å². The third-order valence-corrected chi connectivity index (χ3v) is 4.99. The quantitative estimate of drug-likeness (QED) is 0.423. The Morgan fingerprint density at radius 1 is 1.19 bits per heavy atom. The molecule has 0 atom stereocenters. The Morgan fingerprint density at radius 3 is 2.56 bits per heavy atom. The summed E-state index contributed by atoms with van der Waals surface area (Å²) < 4.78 is 6.82. The SMILES string of the molecule is COc1ccc(NCc2ccc(-c3cccc4nc(N)nn34)cc2)cn1.O=C(O)C1CC1.